The van der Waals surface area contributed by atoms with Crippen molar-refractivity contribution in [3.05, 3.63) is 64.1 Å². The molecule has 6 heteroatoms. The van der Waals surface area contributed by atoms with E-state index < -0.39 is 6.04 Å². The fourth-order valence-electron chi connectivity index (χ4n) is 3.62. The van der Waals surface area contributed by atoms with Crippen LogP contribution in [0.2, 0.25) is 10.0 Å². The number of imide groups is 1. The molecule has 2 aliphatic rings. The van der Waals surface area contributed by atoms with Crippen LogP contribution in [-0.4, -0.2) is 29.4 Å². The molecule has 2 atom stereocenters. The first-order valence-corrected chi connectivity index (χ1v) is 8.47. The van der Waals surface area contributed by atoms with Crippen LogP contribution in [0.1, 0.15) is 17.9 Å². The summed E-state index contributed by atoms with van der Waals surface area (Å²) in [6.07, 6.45) is 0.788. The highest BCUT2D eigenvalue weighted by atomic mass is 35.5. The molecule has 2 saturated heterocycles. The second kappa shape index (κ2) is 5.80. The second-order valence-corrected chi connectivity index (χ2v) is 6.90. The Bertz CT molecular complexity index is 805. The van der Waals surface area contributed by atoms with E-state index in [2.05, 4.69) is 0 Å². The fraction of sp³-hybridized carbons (Fsp3) is 0.222. The number of hydrogen-bond donors (Lipinski definition) is 0. The van der Waals surface area contributed by atoms with Crippen molar-refractivity contribution in [2.45, 2.75) is 18.4 Å². The Balaban J connectivity index is 1.71. The Morgan fingerprint density at radius 2 is 1.62 bits per heavy atom. The number of nitrogens with zero attached hydrogens (tertiary/aromatic N) is 2. The highest BCUT2D eigenvalue weighted by Gasteiger charge is 2.53. The van der Waals surface area contributed by atoms with Crippen LogP contribution in [0.15, 0.2) is 48.5 Å². The van der Waals surface area contributed by atoms with E-state index in [1.807, 2.05) is 30.3 Å². The quantitative estimate of drug-likeness (QED) is 0.748. The average Bonchev–Trinajstić information content (AvgIpc) is 3.08. The molecule has 3 amide bonds. The number of benzene rings is 2. The van der Waals surface area contributed by atoms with Gasteiger partial charge in [0.15, 0.2) is 0 Å². The van der Waals surface area contributed by atoms with Gasteiger partial charge in [0.05, 0.1) is 5.69 Å². The molecule has 0 aromatic heterocycles. The molecule has 0 bridgehead atoms. The lowest BCUT2D eigenvalue weighted by Gasteiger charge is -2.18. The van der Waals surface area contributed by atoms with E-state index in [1.54, 1.807) is 23.1 Å². The minimum Gasteiger partial charge on any atom is -0.311 e. The van der Waals surface area contributed by atoms with Crippen molar-refractivity contribution in [1.82, 2.24) is 4.90 Å². The maximum absolute atomic E-state index is 13.0. The van der Waals surface area contributed by atoms with Gasteiger partial charge in [0.1, 0.15) is 6.04 Å². The molecule has 0 unspecified atom stereocenters. The molecule has 4 nitrogen and oxygen atoms in total. The molecular weight excluding hydrogens is 347 g/mol. The van der Waals surface area contributed by atoms with Crippen LogP contribution in [0, 0.1) is 0 Å². The standard InChI is InChI=1S/C18H14Cl2N2O2/c19-12-8-13(20)10-14(9-12)22-17(23)16-15(6-7-21(16)18(22)24)11-4-2-1-3-5-11/h1-5,8-10,15-16H,6-7H2/t15-,16-/m1/s1. The SMILES string of the molecule is O=C1[C@H]2[C@@H](c3ccccc3)CCN2C(=O)N1c1cc(Cl)cc(Cl)c1. The van der Waals surface area contributed by atoms with Gasteiger partial charge < -0.3 is 4.90 Å². The molecule has 0 spiro atoms. The predicted octanol–water partition coefficient (Wildman–Crippen LogP) is 4.32. The van der Waals surface area contributed by atoms with Crippen LogP contribution >= 0.6 is 23.2 Å². The average molecular weight is 361 g/mol. The minimum atomic E-state index is -0.461. The summed E-state index contributed by atoms with van der Waals surface area (Å²) >= 11 is 12.0. The van der Waals surface area contributed by atoms with Gasteiger partial charge in [-0.25, -0.2) is 9.69 Å². The predicted molar refractivity (Wildman–Crippen MR) is 93.6 cm³/mol. The van der Waals surface area contributed by atoms with Gasteiger partial charge >= 0.3 is 6.03 Å². The van der Waals surface area contributed by atoms with Crippen LogP contribution < -0.4 is 4.90 Å². The van der Waals surface area contributed by atoms with Crippen LogP contribution in [-0.2, 0) is 4.79 Å². The normalized spacial score (nSPS) is 23.1. The van der Waals surface area contributed by atoms with Crippen molar-refractivity contribution >= 4 is 40.8 Å². The number of rotatable bonds is 2. The Morgan fingerprint density at radius 1 is 0.958 bits per heavy atom. The zero-order valence-corrected chi connectivity index (χ0v) is 14.2. The van der Waals surface area contributed by atoms with Crippen molar-refractivity contribution in [3.63, 3.8) is 0 Å². The molecule has 0 N–H and O–H groups in total. The molecule has 0 saturated carbocycles. The Kier molecular flexibility index (Phi) is 3.74. The lowest BCUT2D eigenvalue weighted by atomic mass is 9.91. The van der Waals surface area contributed by atoms with Crippen LogP contribution in [0.25, 0.3) is 0 Å². The number of carbonyl (C=O) groups is 2. The molecule has 2 aromatic carbocycles. The first-order valence-electron chi connectivity index (χ1n) is 7.72. The molecule has 0 aliphatic carbocycles. The number of fused-ring (bicyclic) bond motifs is 1. The van der Waals surface area contributed by atoms with E-state index in [9.17, 15) is 9.59 Å². The summed E-state index contributed by atoms with van der Waals surface area (Å²) in [6, 6.07) is 13.8. The Labute approximate surface area is 149 Å². The van der Waals surface area contributed by atoms with Gasteiger partial charge in [-0.15, -0.1) is 0 Å². The summed E-state index contributed by atoms with van der Waals surface area (Å²) in [4.78, 5) is 28.6. The van der Waals surface area contributed by atoms with Crippen molar-refractivity contribution in [1.29, 1.82) is 0 Å². The second-order valence-electron chi connectivity index (χ2n) is 6.03. The van der Waals surface area contributed by atoms with Crippen LogP contribution in [0.3, 0.4) is 0 Å². The first-order chi connectivity index (χ1) is 11.6. The van der Waals surface area contributed by atoms with Gasteiger partial charge in [-0.1, -0.05) is 53.5 Å². The summed E-state index contributed by atoms with van der Waals surface area (Å²) in [5.41, 5.74) is 1.50. The monoisotopic (exact) mass is 360 g/mol. The Hall–Kier alpha value is -2.04. The molecule has 122 valence electrons. The van der Waals surface area contributed by atoms with Crippen molar-refractivity contribution < 1.29 is 9.59 Å². The minimum absolute atomic E-state index is 0.0160. The number of urea groups is 1. The molecular formula is C18H14Cl2N2O2. The van der Waals surface area contributed by atoms with E-state index in [0.29, 0.717) is 22.3 Å². The third kappa shape index (κ3) is 2.38. The molecule has 2 heterocycles. The van der Waals surface area contributed by atoms with Gasteiger partial charge in [0.25, 0.3) is 5.91 Å². The van der Waals surface area contributed by atoms with Crippen LogP contribution in [0.4, 0.5) is 10.5 Å². The van der Waals surface area contributed by atoms with E-state index in [1.165, 1.54) is 4.90 Å². The smallest absolute Gasteiger partial charge is 0.311 e. The maximum Gasteiger partial charge on any atom is 0.332 e. The summed E-state index contributed by atoms with van der Waals surface area (Å²) in [6.45, 7) is 0.569. The van der Waals surface area contributed by atoms with E-state index >= 15 is 0 Å². The van der Waals surface area contributed by atoms with Crippen molar-refractivity contribution in [2.24, 2.45) is 0 Å². The van der Waals surface area contributed by atoms with Gasteiger partial charge in [0, 0.05) is 22.5 Å². The van der Waals surface area contributed by atoms with E-state index in [-0.39, 0.29) is 17.9 Å². The van der Waals surface area contributed by atoms with Crippen molar-refractivity contribution in [2.75, 3.05) is 11.4 Å². The van der Waals surface area contributed by atoms with Crippen molar-refractivity contribution in [3.8, 4) is 0 Å². The number of amides is 3. The highest BCUT2D eigenvalue weighted by Crippen LogP contribution is 2.41. The molecule has 2 aromatic rings. The summed E-state index contributed by atoms with van der Waals surface area (Å²) in [7, 11) is 0. The number of anilines is 1. The number of hydrogen-bond acceptors (Lipinski definition) is 2. The van der Waals surface area contributed by atoms with Gasteiger partial charge in [-0.2, -0.15) is 0 Å². The first kappa shape index (κ1) is 15.5. The summed E-state index contributed by atoms with van der Waals surface area (Å²) in [5, 5.41) is 0.787. The topological polar surface area (TPSA) is 40.6 Å². The maximum atomic E-state index is 13.0. The number of halogens is 2. The van der Waals surface area contributed by atoms with Gasteiger partial charge in [0.2, 0.25) is 0 Å². The summed E-state index contributed by atoms with van der Waals surface area (Å²) < 4.78 is 0. The number of carbonyl (C=O) groups excluding carboxylic acids is 2. The molecule has 24 heavy (non-hydrogen) atoms. The Morgan fingerprint density at radius 3 is 2.29 bits per heavy atom. The molecule has 0 radical (unpaired) electrons. The lowest BCUT2D eigenvalue weighted by Crippen LogP contribution is -2.33. The zero-order valence-electron chi connectivity index (χ0n) is 12.7. The third-order valence-electron chi connectivity index (χ3n) is 4.64. The molecule has 2 aliphatic heterocycles. The largest absolute Gasteiger partial charge is 0.332 e. The fourth-order valence-corrected chi connectivity index (χ4v) is 4.14. The van der Waals surface area contributed by atoms with Gasteiger partial charge in [-0.3, -0.25) is 4.79 Å². The molecule has 2 fully saturated rings. The highest BCUT2D eigenvalue weighted by molar-refractivity contribution is 6.35. The van der Waals surface area contributed by atoms with E-state index in [4.69, 9.17) is 23.2 Å². The van der Waals surface area contributed by atoms with Gasteiger partial charge in [-0.05, 0) is 30.2 Å². The summed E-state index contributed by atoms with van der Waals surface area (Å²) in [5.74, 6) is -0.202. The third-order valence-corrected chi connectivity index (χ3v) is 5.08. The lowest BCUT2D eigenvalue weighted by molar-refractivity contribution is -0.119. The van der Waals surface area contributed by atoms with E-state index in [0.717, 1.165) is 12.0 Å². The molecule has 4 rings (SSSR count). The van der Waals surface area contributed by atoms with Crippen LogP contribution in [0.5, 0.6) is 0 Å². The zero-order chi connectivity index (χ0) is 16.8.